The van der Waals surface area contributed by atoms with Crippen molar-refractivity contribution in [2.24, 2.45) is 0 Å². The molecule has 2 heterocycles. The fourth-order valence-electron chi connectivity index (χ4n) is 1.05. The van der Waals surface area contributed by atoms with Gasteiger partial charge in [-0.1, -0.05) is 6.07 Å². The Kier molecular flexibility index (Phi) is 3.30. The molecule has 0 radical (unpaired) electrons. The summed E-state index contributed by atoms with van der Waals surface area (Å²) in [4.78, 5) is 5.29. The van der Waals surface area contributed by atoms with Crippen LogP contribution in [0.1, 0.15) is 0 Å². The molecule has 0 aliphatic carbocycles. The van der Waals surface area contributed by atoms with Crippen LogP contribution in [-0.4, -0.2) is 9.19 Å². The lowest BCUT2D eigenvalue weighted by Crippen LogP contribution is -1.75. The Hall–Kier alpha value is -0.270. The van der Waals surface area contributed by atoms with E-state index in [-0.39, 0.29) is 0 Å². The van der Waals surface area contributed by atoms with Gasteiger partial charge in [-0.3, -0.25) is 4.98 Å². The standard InChI is InChI=1S/C9H6INOS2/c10-14(12)9-5-4-8(13-9)7-3-1-2-6-11-7/h1-6H. The highest BCUT2D eigenvalue weighted by Gasteiger charge is 2.06. The summed E-state index contributed by atoms with van der Waals surface area (Å²) in [7, 11) is -0.921. The molecule has 1 atom stereocenters. The normalized spacial score (nSPS) is 12.6. The third-order valence-corrected chi connectivity index (χ3v) is 6.04. The van der Waals surface area contributed by atoms with Gasteiger partial charge in [0, 0.05) is 27.4 Å². The minimum Gasteiger partial charge on any atom is -0.255 e. The summed E-state index contributed by atoms with van der Waals surface area (Å²) in [5, 5.41) is 0. The molecular weight excluding hydrogens is 329 g/mol. The molecule has 0 amide bonds. The number of thiophene rings is 1. The van der Waals surface area contributed by atoms with Gasteiger partial charge < -0.3 is 0 Å². The number of halogens is 1. The van der Waals surface area contributed by atoms with Gasteiger partial charge in [-0.05, 0) is 24.3 Å². The Balaban J connectivity index is 2.39. The lowest BCUT2D eigenvalue weighted by atomic mass is 10.3. The highest BCUT2D eigenvalue weighted by Crippen LogP contribution is 2.29. The van der Waals surface area contributed by atoms with E-state index in [1.807, 2.05) is 51.5 Å². The number of hydrogen-bond donors (Lipinski definition) is 0. The number of pyridine rings is 1. The summed E-state index contributed by atoms with van der Waals surface area (Å²) in [5.74, 6) is 0. The van der Waals surface area contributed by atoms with Crippen LogP contribution in [0.3, 0.4) is 0 Å². The lowest BCUT2D eigenvalue weighted by molar-refractivity contribution is 0.694. The Morgan fingerprint density at radius 3 is 2.71 bits per heavy atom. The average Bonchev–Trinajstić information content (AvgIpc) is 2.68. The first-order valence-electron chi connectivity index (χ1n) is 3.86. The van der Waals surface area contributed by atoms with Gasteiger partial charge in [-0.15, -0.1) is 11.3 Å². The van der Waals surface area contributed by atoms with Crippen molar-refractivity contribution >= 4 is 40.5 Å². The van der Waals surface area contributed by atoms with Gasteiger partial charge in [-0.25, -0.2) is 4.21 Å². The summed E-state index contributed by atoms with van der Waals surface area (Å²) in [6.45, 7) is 0. The van der Waals surface area contributed by atoms with E-state index in [0.717, 1.165) is 14.8 Å². The molecule has 0 aliphatic rings. The second kappa shape index (κ2) is 4.50. The van der Waals surface area contributed by atoms with Crippen molar-refractivity contribution in [2.75, 3.05) is 0 Å². The molecule has 0 fully saturated rings. The van der Waals surface area contributed by atoms with Gasteiger partial charge in [0.05, 0.1) is 10.6 Å². The van der Waals surface area contributed by atoms with Crippen molar-refractivity contribution in [1.82, 2.24) is 4.98 Å². The van der Waals surface area contributed by atoms with E-state index < -0.39 is 7.97 Å². The van der Waals surface area contributed by atoms with Crippen molar-refractivity contribution in [3.8, 4) is 10.6 Å². The summed E-state index contributed by atoms with van der Waals surface area (Å²) in [6, 6.07) is 9.62. The molecule has 0 N–H and O–H groups in total. The molecule has 5 heteroatoms. The molecule has 2 nitrogen and oxygen atoms in total. The van der Waals surface area contributed by atoms with Crippen molar-refractivity contribution in [3.05, 3.63) is 36.5 Å². The zero-order valence-corrected chi connectivity index (χ0v) is 10.8. The van der Waals surface area contributed by atoms with Gasteiger partial charge in [0.1, 0.15) is 12.2 Å². The topological polar surface area (TPSA) is 30.0 Å². The van der Waals surface area contributed by atoms with E-state index in [1.165, 1.54) is 11.3 Å². The highest BCUT2D eigenvalue weighted by atomic mass is 127. The maximum Gasteiger partial charge on any atom is 0.126 e. The van der Waals surface area contributed by atoms with Crippen molar-refractivity contribution in [1.29, 1.82) is 0 Å². The minimum absolute atomic E-state index is 0.881. The first kappa shape index (κ1) is 10.3. The van der Waals surface area contributed by atoms with Crippen LogP contribution in [0.2, 0.25) is 0 Å². The summed E-state index contributed by atoms with van der Waals surface area (Å²) < 4.78 is 12.1. The maximum atomic E-state index is 11.2. The van der Waals surface area contributed by atoms with Gasteiger partial charge >= 0.3 is 0 Å². The largest absolute Gasteiger partial charge is 0.255 e. The lowest BCUT2D eigenvalue weighted by Gasteiger charge is -1.92. The average molecular weight is 335 g/mol. The number of hydrogen-bond acceptors (Lipinski definition) is 3. The number of rotatable bonds is 2. The zero-order valence-electron chi connectivity index (χ0n) is 7.01. The minimum atomic E-state index is -0.921. The highest BCUT2D eigenvalue weighted by molar-refractivity contribution is 14.2. The van der Waals surface area contributed by atoms with Crippen molar-refractivity contribution < 1.29 is 4.21 Å². The Bertz CT molecular complexity index is 455. The third kappa shape index (κ3) is 2.21. The predicted molar refractivity (Wildman–Crippen MR) is 68.0 cm³/mol. The molecule has 2 aromatic rings. The van der Waals surface area contributed by atoms with Gasteiger partial charge in [0.15, 0.2) is 0 Å². The molecular formula is C9H6INOS2. The van der Waals surface area contributed by atoms with E-state index in [4.69, 9.17) is 0 Å². The van der Waals surface area contributed by atoms with Crippen molar-refractivity contribution in [2.45, 2.75) is 4.21 Å². The monoisotopic (exact) mass is 335 g/mol. The van der Waals surface area contributed by atoms with Crippen LogP contribution in [0.5, 0.6) is 0 Å². The first-order valence-corrected chi connectivity index (χ1v) is 8.37. The second-order valence-corrected chi connectivity index (χ2v) is 7.19. The molecule has 2 rings (SSSR count). The van der Waals surface area contributed by atoms with Crippen molar-refractivity contribution in [3.63, 3.8) is 0 Å². The summed E-state index contributed by atoms with van der Waals surface area (Å²) >= 11 is 3.43. The SMILES string of the molecule is O=S(I)c1ccc(-c2ccccn2)s1. The van der Waals surface area contributed by atoms with Crippen LogP contribution in [-0.2, 0) is 7.97 Å². The predicted octanol–water partition coefficient (Wildman–Crippen LogP) is 3.27. The molecule has 0 aromatic carbocycles. The van der Waals surface area contributed by atoms with Crippen LogP contribution < -0.4 is 0 Å². The van der Waals surface area contributed by atoms with Crippen LogP contribution in [0.25, 0.3) is 10.6 Å². The third-order valence-electron chi connectivity index (χ3n) is 1.66. The number of nitrogens with zero attached hydrogens (tertiary/aromatic N) is 1. The number of aromatic nitrogens is 1. The maximum absolute atomic E-state index is 11.2. The van der Waals surface area contributed by atoms with Gasteiger partial charge in [0.2, 0.25) is 0 Å². The van der Waals surface area contributed by atoms with E-state index >= 15 is 0 Å². The van der Waals surface area contributed by atoms with E-state index in [1.54, 1.807) is 6.20 Å². The molecule has 0 saturated carbocycles. The molecule has 14 heavy (non-hydrogen) atoms. The molecule has 0 aliphatic heterocycles. The first-order chi connectivity index (χ1) is 6.77. The van der Waals surface area contributed by atoms with Crippen LogP contribution >= 0.6 is 32.5 Å². The molecule has 0 bridgehead atoms. The Labute approximate surface area is 100 Å². The van der Waals surface area contributed by atoms with E-state index in [0.29, 0.717) is 0 Å². The molecule has 2 aromatic heterocycles. The second-order valence-electron chi connectivity index (χ2n) is 2.56. The summed E-state index contributed by atoms with van der Waals surface area (Å²) in [6.07, 6.45) is 1.76. The van der Waals surface area contributed by atoms with E-state index in [9.17, 15) is 4.21 Å². The van der Waals surface area contributed by atoms with E-state index in [2.05, 4.69) is 4.98 Å². The van der Waals surface area contributed by atoms with Crippen LogP contribution in [0.15, 0.2) is 40.7 Å². The molecule has 72 valence electrons. The van der Waals surface area contributed by atoms with Crippen LogP contribution in [0, 0.1) is 0 Å². The Morgan fingerprint density at radius 1 is 1.29 bits per heavy atom. The quantitative estimate of drug-likeness (QED) is 0.623. The molecule has 1 unspecified atom stereocenters. The van der Waals surface area contributed by atoms with Crippen LogP contribution in [0.4, 0.5) is 0 Å². The molecule has 0 saturated heterocycles. The van der Waals surface area contributed by atoms with Gasteiger partial charge in [-0.2, -0.15) is 0 Å². The molecule has 0 spiro atoms. The zero-order chi connectivity index (χ0) is 9.97. The Morgan fingerprint density at radius 2 is 2.14 bits per heavy atom. The fraction of sp³-hybridized carbons (Fsp3) is 0. The fourth-order valence-corrected chi connectivity index (χ4v) is 3.72. The van der Waals surface area contributed by atoms with Gasteiger partial charge in [0.25, 0.3) is 0 Å². The smallest absolute Gasteiger partial charge is 0.126 e. The summed E-state index contributed by atoms with van der Waals surface area (Å²) in [5.41, 5.74) is 0.936.